The number of methoxy groups -OCH3 is 2. The first-order valence-electron chi connectivity index (χ1n) is 18.8. The second-order valence-electron chi connectivity index (χ2n) is 15.0. The summed E-state index contributed by atoms with van der Waals surface area (Å²) in [5.41, 5.74) is 0.164. The number of hydrogen-bond donors (Lipinski definition) is 4. The maximum Gasteiger partial charge on any atom is 0.326 e. The molecular formula is C39H64FN5O8. The van der Waals surface area contributed by atoms with Crippen LogP contribution in [0.15, 0.2) is 24.3 Å². The van der Waals surface area contributed by atoms with E-state index in [2.05, 4.69) is 16.0 Å². The van der Waals surface area contributed by atoms with Gasteiger partial charge in [-0.05, 0) is 49.3 Å². The number of benzene rings is 1. The molecule has 2 rings (SSSR count). The molecule has 1 aromatic carbocycles. The van der Waals surface area contributed by atoms with E-state index in [4.69, 9.17) is 9.47 Å². The molecule has 1 saturated heterocycles. The van der Waals surface area contributed by atoms with Crippen LogP contribution in [0.25, 0.3) is 0 Å². The molecule has 0 radical (unpaired) electrons. The first kappa shape index (κ1) is 45.5. The molecule has 1 aliphatic rings. The van der Waals surface area contributed by atoms with Gasteiger partial charge in [-0.15, -0.1) is 0 Å². The van der Waals surface area contributed by atoms with Gasteiger partial charge in [0.1, 0.15) is 17.9 Å². The van der Waals surface area contributed by atoms with E-state index in [1.807, 2.05) is 41.5 Å². The molecule has 1 fully saturated rings. The van der Waals surface area contributed by atoms with Crippen LogP contribution in [-0.2, 0) is 39.9 Å². The van der Waals surface area contributed by atoms with Gasteiger partial charge >= 0.3 is 5.97 Å². The van der Waals surface area contributed by atoms with Gasteiger partial charge in [-0.3, -0.25) is 19.2 Å². The number of likely N-dealkylation sites (tertiary alicyclic amines) is 1. The monoisotopic (exact) mass is 749 g/mol. The summed E-state index contributed by atoms with van der Waals surface area (Å²) in [6, 6.07) is 2.18. The highest BCUT2D eigenvalue weighted by Crippen LogP contribution is 2.30. The number of carbonyl (C=O) groups is 5. The molecule has 9 atom stereocenters. The number of hydrogen-bond acceptors (Lipinski definition) is 8. The van der Waals surface area contributed by atoms with Crippen LogP contribution in [-0.4, -0.2) is 122 Å². The van der Waals surface area contributed by atoms with Crippen LogP contribution in [0.4, 0.5) is 4.39 Å². The first-order valence-corrected chi connectivity index (χ1v) is 18.8. The van der Waals surface area contributed by atoms with Crippen molar-refractivity contribution in [1.82, 2.24) is 25.8 Å². The van der Waals surface area contributed by atoms with Crippen molar-refractivity contribution in [2.45, 2.75) is 123 Å². The van der Waals surface area contributed by atoms with Crippen molar-refractivity contribution in [3.63, 3.8) is 0 Å². The van der Waals surface area contributed by atoms with Gasteiger partial charge in [-0.2, -0.15) is 0 Å². The van der Waals surface area contributed by atoms with Gasteiger partial charge in [0, 0.05) is 34.2 Å². The number of carboxylic acid groups (broad SMARTS) is 1. The molecule has 0 aromatic heterocycles. The van der Waals surface area contributed by atoms with E-state index in [-0.39, 0.29) is 53.9 Å². The van der Waals surface area contributed by atoms with Gasteiger partial charge in [0.05, 0.1) is 42.7 Å². The maximum absolute atomic E-state index is 14.3. The van der Waals surface area contributed by atoms with Gasteiger partial charge in [-0.1, -0.05) is 73.1 Å². The van der Waals surface area contributed by atoms with Gasteiger partial charge < -0.3 is 40.3 Å². The zero-order valence-corrected chi connectivity index (χ0v) is 33.5. The van der Waals surface area contributed by atoms with Gasteiger partial charge in [0.25, 0.3) is 0 Å². The van der Waals surface area contributed by atoms with Crippen LogP contribution >= 0.6 is 0 Å². The molecule has 53 heavy (non-hydrogen) atoms. The summed E-state index contributed by atoms with van der Waals surface area (Å²) in [6.45, 7) is 13.7. The summed E-state index contributed by atoms with van der Waals surface area (Å²) in [5, 5.41) is 18.4. The number of ether oxygens (including phenoxy) is 2. The molecule has 4 amide bonds. The summed E-state index contributed by atoms with van der Waals surface area (Å²) in [6.07, 6.45) is 0.190. The molecule has 1 aliphatic heterocycles. The maximum atomic E-state index is 14.3. The molecule has 13 nitrogen and oxygen atoms in total. The Kier molecular flexibility index (Phi) is 18.3. The van der Waals surface area contributed by atoms with Gasteiger partial charge in [0.2, 0.25) is 23.6 Å². The molecule has 4 N–H and O–H groups in total. The lowest BCUT2D eigenvalue weighted by Crippen LogP contribution is -2.59. The minimum atomic E-state index is -1.37. The fourth-order valence-corrected chi connectivity index (χ4v) is 7.44. The van der Waals surface area contributed by atoms with Gasteiger partial charge in [-0.25, -0.2) is 9.18 Å². The molecular weight excluding hydrogens is 685 g/mol. The predicted octanol–water partition coefficient (Wildman–Crippen LogP) is 3.24. The molecule has 0 bridgehead atoms. The standard InChI is InChI=1S/C39H64FN5O8/c1-12-24(6)34(44(9)38(49)33(23(4)5)43-37(48)32(41-8)22(2)3)30(52-10)21-31(46)45-19-15-18-29(45)35(53-11)25(7)36(47)42-28(39(50)51)20-26-16-13-14-17-27(26)40/h13-14,16-17,22-25,28-30,32-35,41H,12,15,18-21H2,1-11H3,(H,42,47)(H,43,48)(H,50,51)/t24-,25+,28-,29-,30?,32-,33-,34?,35+/m0/s1. The number of carbonyl (C=O) groups excluding carboxylic acids is 4. The number of amides is 4. The Morgan fingerprint density at radius 3 is 2.09 bits per heavy atom. The van der Waals surface area contributed by atoms with E-state index in [0.717, 1.165) is 0 Å². The number of aliphatic carboxylic acids is 1. The highest BCUT2D eigenvalue weighted by atomic mass is 19.1. The Bertz CT molecular complexity index is 1380. The Labute approximate surface area is 315 Å². The van der Waals surface area contributed by atoms with Crippen LogP contribution in [0.2, 0.25) is 0 Å². The zero-order chi connectivity index (χ0) is 40.2. The fraction of sp³-hybridized carbons (Fsp3) is 0.718. The van der Waals surface area contributed by atoms with Crippen molar-refractivity contribution >= 4 is 29.6 Å². The SMILES string of the molecule is CC[C@H](C)C(C(CC(=O)N1CCC[C@H]1[C@H](OC)[C@@H](C)C(=O)N[C@@H](Cc1ccccc1F)C(=O)O)OC)N(C)C(=O)[C@@H](NC(=O)[C@@H](NC)C(C)C)C(C)C. The Morgan fingerprint density at radius 1 is 0.962 bits per heavy atom. The molecule has 300 valence electrons. The summed E-state index contributed by atoms with van der Waals surface area (Å²) in [7, 11) is 6.36. The average molecular weight is 750 g/mol. The average Bonchev–Trinajstić information content (AvgIpc) is 3.60. The number of likely N-dealkylation sites (N-methyl/N-ethyl adjacent to an activating group) is 2. The normalized spacial score (nSPS) is 19.1. The van der Waals surface area contributed by atoms with Crippen molar-refractivity contribution in [2.24, 2.45) is 23.7 Å². The van der Waals surface area contributed by atoms with Crippen molar-refractivity contribution in [1.29, 1.82) is 0 Å². The van der Waals surface area contributed by atoms with E-state index in [0.29, 0.717) is 25.8 Å². The Balaban J connectivity index is 2.27. The number of rotatable bonds is 21. The number of nitrogens with zero attached hydrogens (tertiary/aromatic N) is 2. The third-order valence-corrected chi connectivity index (χ3v) is 10.7. The third kappa shape index (κ3) is 11.9. The molecule has 14 heteroatoms. The quantitative estimate of drug-likeness (QED) is 0.148. The lowest BCUT2D eigenvalue weighted by Gasteiger charge is -2.41. The summed E-state index contributed by atoms with van der Waals surface area (Å²) in [4.78, 5) is 70.2. The second kappa shape index (κ2) is 21.3. The molecule has 0 saturated carbocycles. The van der Waals surface area contributed by atoms with Crippen molar-refractivity contribution in [3.05, 3.63) is 35.6 Å². The third-order valence-electron chi connectivity index (χ3n) is 10.7. The van der Waals surface area contributed by atoms with Crippen molar-refractivity contribution in [2.75, 3.05) is 34.9 Å². The topological polar surface area (TPSA) is 167 Å². The molecule has 1 aromatic rings. The predicted molar refractivity (Wildman–Crippen MR) is 200 cm³/mol. The van der Waals surface area contributed by atoms with E-state index in [1.165, 1.54) is 32.4 Å². The van der Waals surface area contributed by atoms with Crippen molar-refractivity contribution < 1.29 is 42.9 Å². The fourth-order valence-electron chi connectivity index (χ4n) is 7.44. The molecule has 0 spiro atoms. The highest BCUT2D eigenvalue weighted by Gasteiger charge is 2.43. The minimum Gasteiger partial charge on any atom is -0.480 e. The Hall–Kier alpha value is -3.62. The summed E-state index contributed by atoms with van der Waals surface area (Å²) < 4.78 is 26.1. The number of halogens is 1. The summed E-state index contributed by atoms with van der Waals surface area (Å²) >= 11 is 0. The van der Waals surface area contributed by atoms with Crippen LogP contribution in [0.3, 0.4) is 0 Å². The second-order valence-corrected chi connectivity index (χ2v) is 15.0. The van der Waals surface area contributed by atoms with Crippen molar-refractivity contribution in [3.8, 4) is 0 Å². The van der Waals surface area contributed by atoms with Crippen LogP contribution in [0.1, 0.15) is 79.7 Å². The van der Waals surface area contributed by atoms with Crippen LogP contribution < -0.4 is 16.0 Å². The zero-order valence-electron chi connectivity index (χ0n) is 33.5. The largest absolute Gasteiger partial charge is 0.480 e. The molecule has 1 heterocycles. The molecule has 0 aliphatic carbocycles. The van der Waals surface area contributed by atoms with E-state index in [9.17, 15) is 33.5 Å². The van der Waals surface area contributed by atoms with Gasteiger partial charge in [0.15, 0.2) is 0 Å². The van der Waals surface area contributed by atoms with E-state index in [1.54, 1.807) is 36.9 Å². The first-order chi connectivity index (χ1) is 24.9. The number of nitrogens with one attached hydrogen (secondary N) is 3. The smallest absolute Gasteiger partial charge is 0.326 e. The van der Waals surface area contributed by atoms with Crippen LogP contribution in [0.5, 0.6) is 0 Å². The lowest BCUT2D eigenvalue weighted by molar-refractivity contribution is -0.148. The lowest BCUT2D eigenvalue weighted by atomic mass is 9.89. The minimum absolute atomic E-state index is 0.00844. The molecule has 2 unspecified atom stereocenters. The van der Waals surface area contributed by atoms with Crippen LogP contribution in [0, 0.1) is 29.5 Å². The summed E-state index contributed by atoms with van der Waals surface area (Å²) in [5.74, 6) is -4.34. The van der Waals surface area contributed by atoms with E-state index < -0.39 is 66.0 Å². The highest BCUT2D eigenvalue weighted by molar-refractivity contribution is 5.90. The van der Waals surface area contributed by atoms with E-state index >= 15 is 0 Å². The number of carboxylic acids is 1. The Morgan fingerprint density at radius 2 is 1.58 bits per heavy atom.